The van der Waals surface area contributed by atoms with Crippen molar-refractivity contribution in [2.75, 3.05) is 26.3 Å². The molecule has 0 amide bonds. The highest BCUT2D eigenvalue weighted by Gasteiger charge is 2.26. The number of morpholine rings is 1. The Kier molecular flexibility index (Phi) is 4.60. The van der Waals surface area contributed by atoms with Gasteiger partial charge in [0.2, 0.25) is 10.0 Å². The quantitative estimate of drug-likeness (QED) is 0.757. The van der Waals surface area contributed by atoms with Gasteiger partial charge < -0.3 is 9.94 Å². The van der Waals surface area contributed by atoms with Crippen molar-refractivity contribution < 1.29 is 26.8 Å². The largest absolute Gasteiger partial charge is 0.379 e. The predicted octanol–water partition coefficient (Wildman–Crippen LogP) is 0.528. The van der Waals surface area contributed by atoms with Crippen LogP contribution in [0, 0.1) is 0 Å². The molecule has 24 heavy (non-hydrogen) atoms. The number of fused-ring (bicyclic) bond motifs is 1. The van der Waals surface area contributed by atoms with Gasteiger partial charge in [0, 0.05) is 13.1 Å². The summed E-state index contributed by atoms with van der Waals surface area (Å²) < 4.78 is 55.0. The average Bonchev–Trinajstić information content (AvgIpc) is 2.61. The van der Waals surface area contributed by atoms with Crippen LogP contribution in [0.25, 0.3) is 10.8 Å². The first-order valence-electron chi connectivity index (χ1n) is 7.12. The van der Waals surface area contributed by atoms with Crippen molar-refractivity contribution in [2.24, 2.45) is 0 Å². The fourth-order valence-corrected chi connectivity index (χ4v) is 4.60. The summed E-state index contributed by atoms with van der Waals surface area (Å²) in [6, 6.07) is 8.64. The van der Waals surface area contributed by atoms with Crippen LogP contribution < -0.4 is 4.89 Å². The van der Waals surface area contributed by atoms with E-state index in [9.17, 15) is 16.8 Å². The van der Waals surface area contributed by atoms with E-state index in [0.29, 0.717) is 37.1 Å². The Balaban J connectivity index is 2.02. The summed E-state index contributed by atoms with van der Waals surface area (Å²) in [7, 11) is -7.59. The van der Waals surface area contributed by atoms with Gasteiger partial charge in [0.25, 0.3) is 10.0 Å². The summed E-state index contributed by atoms with van der Waals surface area (Å²) in [5.74, 6) is 0. The molecule has 1 heterocycles. The number of sulfonamides is 2. The highest BCUT2D eigenvalue weighted by Crippen LogP contribution is 2.24. The highest BCUT2D eigenvalue weighted by molar-refractivity contribution is 7.89. The molecule has 1 aliphatic rings. The summed E-state index contributed by atoms with van der Waals surface area (Å²) in [6.07, 6.45) is 0. The van der Waals surface area contributed by atoms with Crippen LogP contribution in [0.4, 0.5) is 0 Å². The Labute approximate surface area is 139 Å². The van der Waals surface area contributed by atoms with Gasteiger partial charge in [-0.2, -0.15) is 4.31 Å². The SMILES string of the molecule is O=S(=O)(NO)c1ccc2cc(S(=O)(=O)N3CCOCC3)ccc2c1. The van der Waals surface area contributed by atoms with Crippen molar-refractivity contribution in [1.29, 1.82) is 0 Å². The first-order chi connectivity index (χ1) is 11.3. The van der Waals surface area contributed by atoms with Crippen LogP contribution in [0.15, 0.2) is 46.2 Å². The summed E-state index contributed by atoms with van der Waals surface area (Å²) in [6.45, 7) is 1.34. The standard InChI is InChI=1S/C14H16N2O6S2/c17-15-23(18,19)13-3-1-12-10-14(4-2-11(12)9-13)24(20,21)16-5-7-22-8-6-16/h1-4,9-10,15,17H,5-8H2. The van der Waals surface area contributed by atoms with Gasteiger partial charge in [0.05, 0.1) is 23.0 Å². The lowest BCUT2D eigenvalue weighted by molar-refractivity contribution is 0.0730. The number of nitrogens with one attached hydrogen (secondary N) is 1. The molecule has 3 rings (SSSR count). The van der Waals surface area contributed by atoms with Crippen LogP contribution >= 0.6 is 0 Å². The van der Waals surface area contributed by atoms with Crippen LogP contribution in [0.3, 0.4) is 0 Å². The highest BCUT2D eigenvalue weighted by atomic mass is 32.2. The second-order valence-corrected chi connectivity index (χ2v) is 8.88. The molecular weight excluding hydrogens is 356 g/mol. The third-order valence-electron chi connectivity index (χ3n) is 3.82. The van der Waals surface area contributed by atoms with E-state index in [-0.39, 0.29) is 9.79 Å². The lowest BCUT2D eigenvalue weighted by Crippen LogP contribution is -2.40. The third-order valence-corrected chi connectivity index (χ3v) is 6.83. The molecule has 2 aromatic carbocycles. The summed E-state index contributed by atoms with van der Waals surface area (Å²) in [5.41, 5.74) is 0. The van der Waals surface area contributed by atoms with E-state index in [1.165, 1.54) is 39.5 Å². The molecule has 0 aromatic heterocycles. The molecule has 0 spiro atoms. The van der Waals surface area contributed by atoms with E-state index in [4.69, 9.17) is 9.94 Å². The smallest absolute Gasteiger partial charge is 0.262 e. The molecule has 2 N–H and O–H groups in total. The molecule has 1 saturated heterocycles. The summed E-state index contributed by atoms with van der Waals surface area (Å²) in [4.78, 5) is 1.29. The first kappa shape index (κ1) is 17.3. The molecule has 2 aromatic rings. The number of ether oxygens (including phenoxy) is 1. The molecule has 1 aliphatic heterocycles. The van der Waals surface area contributed by atoms with Crippen molar-refractivity contribution in [2.45, 2.75) is 9.79 Å². The number of rotatable bonds is 4. The maximum Gasteiger partial charge on any atom is 0.262 e. The van der Waals surface area contributed by atoms with Gasteiger partial charge >= 0.3 is 0 Å². The van der Waals surface area contributed by atoms with Crippen molar-refractivity contribution in [3.8, 4) is 0 Å². The number of hydrogen-bond acceptors (Lipinski definition) is 6. The maximum absolute atomic E-state index is 12.6. The van der Waals surface area contributed by atoms with E-state index < -0.39 is 20.0 Å². The first-order valence-corrected chi connectivity index (χ1v) is 10.0. The predicted molar refractivity (Wildman–Crippen MR) is 85.6 cm³/mol. The Bertz CT molecular complexity index is 966. The molecular formula is C14H16N2O6S2. The Morgan fingerprint density at radius 1 is 0.917 bits per heavy atom. The number of hydrogen-bond donors (Lipinski definition) is 2. The van der Waals surface area contributed by atoms with Crippen LogP contribution in [-0.2, 0) is 24.8 Å². The van der Waals surface area contributed by atoms with Crippen LogP contribution in [-0.4, -0.2) is 52.7 Å². The van der Waals surface area contributed by atoms with Crippen molar-refractivity contribution in [3.05, 3.63) is 36.4 Å². The second-order valence-electron chi connectivity index (χ2n) is 5.28. The third kappa shape index (κ3) is 3.16. The molecule has 8 nitrogen and oxygen atoms in total. The minimum atomic E-state index is -3.98. The zero-order valence-corrected chi connectivity index (χ0v) is 14.2. The monoisotopic (exact) mass is 372 g/mol. The van der Waals surface area contributed by atoms with E-state index in [1.807, 2.05) is 0 Å². The minimum absolute atomic E-state index is 0.110. The molecule has 10 heteroatoms. The maximum atomic E-state index is 12.6. The van der Waals surface area contributed by atoms with Crippen LogP contribution in [0.2, 0.25) is 0 Å². The molecule has 0 saturated carbocycles. The Morgan fingerprint density at radius 3 is 2.04 bits per heavy atom. The van der Waals surface area contributed by atoms with Gasteiger partial charge in [-0.1, -0.05) is 17.0 Å². The molecule has 0 atom stereocenters. The Morgan fingerprint density at radius 2 is 1.46 bits per heavy atom. The minimum Gasteiger partial charge on any atom is -0.379 e. The van der Waals surface area contributed by atoms with Crippen LogP contribution in [0.1, 0.15) is 0 Å². The molecule has 0 bridgehead atoms. The van der Waals surface area contributed by atoms with E-state index >= 15 is 0 Å². The van der Waals surface area contributed by atoms with Crippen molar-refractivity contribution >= 4 is 30.8 Å². The molecule has 0 radical (unpaired) electrons. The summed E-state index contributed by atoms with van der Waals surface area (Å²) in [5, 5.41) is 9.81. The van der Waals surface area contributed by atoms with Crippen molar-refractivity contribution in [1.82, 2.24) is 9.19 Å². The zero-order chi connectivity index (χ0) is 17.4. The number of benzene rings is 2. The molecule has 0 aliphatic carbocycles. The van der Waals surface area contributed by atoms with Crippen molar-refractivity contribution in [3.63, 3.8) is 0 Å². The summed E-state index contributed by atoms with van der Waals surface area (Å²) >= 11 is 0. The topological polar surface area (TPSA) is 113 Å². The normalized spacial score (nSPS) is 17.2. The molecule has 130 valence electrons. The average molecular weight is 372 g/mol. The van der Waals surface area contributed by atoms with Gasteiger partial charge in [-0.05, 0) is 35.0 Å². The Hall–Kier alpha value is -1.56. The molecule has 1 fully saturated rings. The van der Waals surface area contributed by atoms with Crippen LogP contribution in [0.5, 0.6) is 0 Å². The van der Waals surface area contributed by atoms with Gasteiger partial charge in [0.1, 0.15) is 0 Å². The zero-order valence-electron chi connectivity index (χ0n) is 12.5. The second kappa shape index (κ2) is 6.39. The van der Waals surface area contributed by atoms with E-state index in [0.717, 1.165) is 0 Å². The van der Waals surface area contributed by atoms with Gasteiger partial charge in [0.15, 0.2) is 0 Å². The molecule has 0 unspecified atom stereocenters. The fourth-order valence-electron chi connectivity index (χ4n) is 2.52. The lowest BCUT2D eigenvalue weighted by atomic mass is 10.1. The van der Waals surface area contributed by atoms with E-state index in [2.05, 4.69) is 0 Å². The fraction of sp³-hybridized carbons (Fsp3) is 0.286. The lowest BCUT2D eigenvalue weighted by Gasteiger charge is -2.26. The van der Waals surface area contributed by atoms with Gasteiger partial charge in [-0.25, -0.2) is 16.8 Å². The van der Waals surface area contributed by atoms with E-state index in [1.54, 1.807) is 6.07 Å². The van der Waals surface area contributed by atoms with Gasteiger partial charge in [-0.15, -0.1) is 0 Å². The number of nitrogens with zero attached hydrogens (tertiary/aromatic N) is 1. The van der Waals surface area contributed by atoms with Gasteiger partial charge in [-0.3, -0.25) is 0 Å².